The summed E-state index contributed by atoms with van der Waals surface area (Å²) in [6, 6.07) is 0.223. The molecule has 2 atom stereocenters. The lowest BCUT2D eigenvalue weighted by molar-refractivity contribution is -0.142. The summed E-state index contributed by atoms with van der Waals surface area (Å²) in [7, 11) is -3.52. The van der Waals surface area contributed by atoms with E-state index in [0.717, 1.165) is 19.4 Å². The highest BCUT2D eigenvalue weighted by Crippen LogP contribution is 2.24. The highest BCUT2D eigenvalue weighted by atomic mass is 32.2. The first-order chi connectivity index (χ1) is 8.55. The van der Waals surface area contributed by atoms with Crippen molar-refractivity contribution in [1.82, 2.24) is 9.62 Å². The van der Waals surface area contributed by atoms with E-state index in [-0.39, 0.29) is 12.6 Å². The molecular weight excluding hydrogens is 256 g/mol. The summed E-state index contributed by atoms with van der Waals surface area (Å²) in [5.74, 6) is -0.612. The van der Waals surface area contributed by atoms with Crippen molar-refractivity contribution in [2.24, 2.45) is 0 Å². The Labute approximate surface area is 108 Å². The van der Waals surface area contributed by atoms with E-state index in [1.807, 2.05) is 0 Å². The third-order valence-corrected chi connectivity index (χ3v) is 5.69. The molecular formula is C11H20N2O4S. The van der Waals surface area contributed by atoms with Crippen molar-refractivity contribution < 1.29 is 17.9 Å². The quantitative estimate of drug-likeness (QED) is 0.714. The van der Waals surface area contributed by atoms with Crippen molar-refractivity contribution in [2.75, 3.05) is 26.2 Å². The van der Waals surface area contributed by atoms with Crippen molar-refractivity contribution in [3.05, 3.63) is 0 Å². The van der Waals surface area contributed by atoms with Crippen LogP contribution >= 0.6 is 0 Å². The number of esters is 1. The van der Waals surface area contributed by atoms with Gasteiger partial charge in [-0.2, -0.15) is 4.31 Å². The van der Waals surface area contributed by atoms with Gasteiger partial charge in [-0.1, -0.05) is 0 Å². The molecule has 0 amide bonds. The summed E-state index contributed by atoms with van der Waals surface area (Å²) in [5.41, 5.74) is 0. The van der Waals surface area contributed by atoms with Gasteiger partial charge in [-0.25, -0.2) is 8.42 Å². The molecule has 1 unspecified atom stereocenters. The van der Waals surface area contributed by atoms with Gasteiger partial charge in [0, 0.05) is 19.1 Å². The highest BCUT2D eigenvalue weighted by Gasteiger charge is 2.45. The van der Waals surface area contributed by atoms with Crippen LogP contribution in [0.3, 0.4) is 0 Å². The number of sulfonamides is 1. The average molecular weight is 276 g/mol. The molecule has 0 bridgehead atoms. The molecule has 0 radical (unpaired) electrons. The summed E-state index contributed by atoms with van der Waals surface area (Å²) in [6.07, 6.45) is 2.42. The lowest BCUT2D eigenvalue weighted by Gasteiger charge is -2.20. The Bertz CT molecular complexity index is 403. The number of nitrogens with zero attached hydrogens (tertiary/aromatic N) is 1. The van der Waals surface area contributed by atoms with E-state index in [2.05, 4.69) is 5.32 Å². The molecule has 0 saturated carbocycles. The van der Waals surface area contributed by atoms with Crippen LogP contribution in [0.4, 0.5) is 0 Å². The number of carbonyl (C=O) groups is 1. The summed E-state index contributed by atoms with van der Waals surface area (Å²) in [4.78, 5) is 11.6. The summed E-state index contributed by atoms with van der Waals surface area (Å²) >= 11 is 0. The Hall–Kier alpha value is -0.660. The Balaban J connectivity index is 2.00. The third kappa shape index (κ3) is 2.67. The fourth-order valence-electron chi connectivity index (χ4n) is 2.55. The van der Waals surface area contributed by atoms with Crippen LogP contribution < -0.4 is 5.32 Å². The van der Waals surface area contributed by atoms with Crippen LogP contribution in [0, 0.1) is 0 Å². The second kappa shape index (κ2) is 5.54. The molecule has 0 aromatic carbocycles. The molecule has 0 aromatic heterocycles. The first-order valence-corrected chi connectivity index (χ1v) is 7.95. The van der Waals surface area contributed by atoms with Gasteiger partial charge < -0.3 is 10.1 Å². The van der Waals surface area contributed by atoms with E-state index >= 15 is 0 Å². The number of hydrogen-bond acceptors (Lipinski definition) is 5. The maximum absolute atomic E-state index is 12.2. The Morgan fingerprint density at radius 2 is 2.22 bits per heavy atom. The minimum absolute atomic E-state index is 0.217. The normalized spacial score (nSPS) is 31.6. The molecule has 0 aliphatic carbocycles. The highest BCUT2D eigenvalue weighted by molar-refractivity contribution is 7.90. The largest absolute Gasteiger partial charge is 0.465 e. The molecule has 2 heterocycles. The van der Waals surface area contributed by atoms with Crippen LogP contribution in [0.15, 0.2) is 0 Å². The van der Waals surface area contributed by atoms with E-state index in [0.29, 0.717) is 19.5 Å². The van der Waals surface area contributed by atoms with E-state index in [1.165, 1.54) is 4.31 Å². The summed E-state index contributed by atoms with van der Waals surface area (Å²) in [5, 5.41) is 2.27. The molecule has 18 heavy (non-hydrogen) atoms. The second-order valence-corrected chi connectivity index (χ2v) is 6.84. The van der Waals surface area contributed by atoms with Gasteiger partial charge in [0.2, 0.25) is 10.0 Å². The fourth-order valence-corrected chi connectivity index (χ4v) is 4.37. The van der Waals surface area contributed by atoms with Gasteiger partial charge in [0.25, 0.3) is 0 Å². The zero-order chi connectivity index (χ0) is 13.2. The number of carbonyl (C=O) groups excluding carboxylic acids is 1. The molecule has 104 valence electrons. The maximum atomic E-state index is 12.2. The summed E-state index contributed by atoms with van der Waals surface area (Å²) in [6.45, 7) is 3.73. The van der Waals surface area contributed by atoms with Crippen molar-refractivity contribution in [2.45, 2.75) is 37.5 Å². The van der Waals surface area contributed by atoms with Gasteiger partial charge >= 0.3 is 5.97 Å². The monoisotopic (exact) mass is 276 g/mol. The molecule has 2 aliphatic heterocycles. The Kier molecular flexibility index (Phi) is 4.24. The van der Waals surface area contributed by atoms with Gasteiger partial charge in [-0.05, 0) is 32.7 Å². The molecule has 2 saturated heterocycles. The molecule has 2 aliphatic rings. The topological polar surface area (TPSA) is 75.7 Å². The lowest BCUT2D eigenvalue weighted by atomic mass is 10.2. The Morgan fingerprint density at radius 3 is 2.83 bits per heavy atom. The number of hydrogen-bond donors (Lipinski definition) is 1. The first-order valence-electron chi connectivity index (χ1n) is 6.44. The smallest absolute Gasteiger partial charge is 0.325 e. The van der Waals surface area contributed by atoms with E-state index in [4.69, 9.17) is 4.74 Å². The van der Waals surface area contributed by atoms with Gasteiger partial charge in [0.1, 0.15) is 0 Å². The summed E-state index contributed by atoms with van der Waals surface area (Å²) < 4.78 is 30.6. The van der Waals surface area contributed by atoms with E-state index in [9.17, 15) is 13.2 Å². The SMILES string of the molecule is CCOC(=O)C1CCN(C[C@H]2CCCN2)S1(=O)=O. The minimum Gasteiger partial charge on any atom is -0.465 e. The zero-order valence-corrected chi connectivity index (χ0v) is 11.4. The van der Waals surface area contributed by atoms with Gasteiger partial charge in [-0.15, -0.1) is 0 Å². The fraction of sp³-hybridized carbons (Fsp3) is 0.909. The minimum atomic E-state index is -3.52. The van der Waals surface area contributed by atoms with E-state index < -0.39 is 21.2 Å². The van der Waals surface area contributed by atoms with Crippen LogP contribution in [-0.4, -0.2) is 56.2 Å². The van der Waals surface area contributed by atoms with Crippen molar-refractivity contribution in [3.63, 3.8) is 0 Å². The predicted octanol–water partition coefficient (Wildman–Crippen LogP) is -0.294. The van der Waals surface area contributed by atoms with Crippen molar-refractivity contribution >= 4 is 16.0 Å². The van der Waals surface area contributed by atoms with Crippen LogP contribution in [-0.2, 0) is 19.6 Å². The van der Waals surface area contributed by atoms with Crippen molar-refractivity contribution in [3.8, 4) is 0 Å². The van der Waals surface area contributed by atoms with Crippen LogP contribution in [0.1, 0.15) is 26.2 Å². The molecule has 2 rings (SSSR count). The predicted molar refractivity (Wildman–Crippen MR) is 66.6 cm³/mol. The molecule has 0 spiro atoms. The Morgan fingerprint density at radius 1 is 1.44 bits per heavy atom. The number of ether oxygens (including phenoxy) is 1. The standard InChI is InChI=1S/C11H20N2O4S/c1-2-17-11(14)10-5-7-13(18(10,15)16)8-9-4-3-6-12-9/h9-10,12H,2-8H2,1H3/t9-,10?/m1/s1. The average Bonchev–Trinajstić information content (AvgIpc) is 2.89. The third-order valence-electron chi connectivity index (χ3n) is 3.50. The zero-order valence-electron chi connectivity index (χ0n) is 10.6. The molecule has 6 nitrogen and oxygen atoms in total. The molecule has 2 fully saturated rings. The van der Waals surface area contributed by atoms with Gasteiger partial charge in [-0.3, -0.25) is 4.79 Å². The lowest BCUT2D eigenvalue weighted by Crippen LogP contribution is -2.41. The number of rotatable bonds is 4. The van der Waals surface area contributed by atoms with E-state index in [1.54, 1.807) is 6.92 Å². The first kappa shape index (κ1) is 13.8. The molecule has 1 N–H and O–H groups in total. The van der Waals surface area contributed by atoms with Gasteiger partial charge in [0.05, 0.1) is 6.61 Å². The van der Waals surface area contributed by atoms with Crippen LogP contribution in [0.2, 0.25) is 0 Å². The van der Waals surface area contributed by atoms with Crippen molar-refractivity contribution in [1.29, 1.82) is 0 Å². The van der Waals surface area contributed by atoms with Crippen LogP contribution in [0.5, 0.6) is 0 Å². The van der Waals surface area contributed by atoms with Gasteiger partial charge in [0.15, 0.2) is 5.25 Å². The second-order valence-electron chi connectivity index (χ2n) is 4.73. The molecule has 0 aromatic rings. The van der Waals surface area contributed by atoms with Crippen LogP contribution in [0.25, 0.3) is 0 Å². The molecule has 7 heteroatoms. The number of nitrogens with one attached hydrogen (secondary N) is 1. The maximum Gasteiger partial charge on any atom is 0.325 e.